The van der Waals surface area contributed by atoms with Crippen LogP contribution in [0.15, 0.2) is 29.5 Å². The Hall–Kier alpha value is -2.08. The molecule has 5 nitrogen and oxygen atoms in total. The number of nitrogens with one attached hydrogen (secondary N) is 2. The zero-order valence-corrected chi connectivity index (χ0v) is 10.0. The highest BCUT2D eigenvalue weighted by Crippen LogP contribution is 2.22. The van der Waals surface area contributed by atoms with E-state index < -0.39 is 0 Å². The van der Waals surface area contributed by atoms with E-state index in [2.05, 4.69) is 27.7 Å². The van der Waals surface area contributed by atoms with E-state index in [0.29, 0.717) is 0 Å². The Kier molecular flexibility index (Phi) is 3.24. The van der Waals surface area contributed by atoms with Crippen LogP contribution in [0.1, 0.15) is 5.56 Å². The molecule has 6 heteroatoms. The molecular formula is C11H12N4OS. The second-order valence-corrected chi connectivity index (χ2v) is 3.83. The van der Waals surface area contributed by atoms with Gasteiger partial charge in [-0.25, -0.2) is 0 Å². The van der Waals surface area contributed by atoms with Gasteiger partial charge in [-0.2, -0.15) is 5.10 Å². The molecule has 0 unspecified atom stereocenters. The van der Waals surface area contributed by atoms with Gasteiger partial charge in [0, 0.05) is 22.7 Å². The summed E-state index contributed by atoms with van der Waals surface area (Å²) in [5.41, 5.74) is 9.73. The van der Waals surface area contributed by atoms with E-state index in [0.717, 1.165) is 22.2 Å². The Labute approximate surface area is 104 Å². The van der Waals surface area contributed by atoms with Gasteiger partial charge in [0.05, 0.1) is 13.3 Å². The fourth-order valence-electron chi connectivity index (χ4n) is 1.52. The minimum absolute atomic E-state index is 0.138. The third-order valence-electron chi connectivity index (χ3n) is 2.30. The maximum Gasteiger partial charge on any atom is 0.184 e. The number of fused-ring (bicyclic) bond motifs is 1. The number of benzene rings is 1. The molecule has 88 valence electrons. The van der Waals surface area contributed by atoms with Gasteiger partial charge >= 0.3 is 0 Å². The van der Waals surface area contributed by atoms with E-state index in [-0.39, 0.29) is 5.11 Å². The lowest BCUT2D eigenvalue weighted by atomic mass is 10.2. The van der Waals surface area contributed by atoms with Gasteiger partial charge in [0.25, 0.3) is 0 Å². The van der Waals surface area contributed by atoms with Gasteiger partial charge in [0.2, 0.25) is 0 Å². The van der Waals surface area contributed by atoms with Crippen molar-refractivity contribution in [2.45, 2.75) is 0 Å². The molecule has 0 aliphatic carbocycles. The Balaban J connectivity index is 2.34. The van der Waals surface area contributed by atoms with Crippen molar-refractivity contribution in [1.29, 1.82) is 0 Å². The van der Waals surface area contributed by atoms with Crippen LogP contribution in [0, 0.1) is 0 Å². The van der Waals surface area contributed by atoms with Crippen LogP contribution in [0.4, 0.5) is 0 Å². The van der Waals surface area contributed by atoms with Gasteiger partial charge < -0.3 is 15.5 Å². The van der Waals surface area contributed by atoms with Crippen LogP contribution in [-0.2, 0) is 0 Å². The normalized spacial score (nSPS) is 10.9. The predicted molar refractivity (Wildman–Crippen MR) is 72.4 cm³/mol. The van der Waals surface area contributed by atoms with Crippen LogP contribution in [0.5, 0.6) is 5.75 Å². The zero-order valence-electron chi connectivity index (χ0n) is 9.23. The number of aromatic nitrogens is 1. The first-order valence-electron chi connectivity index (χ1n) is 4.94. The molecule has 0 amide bonds. The summed E-state index contributed by atoms with van der Waals surface area (Å²) in [6.45, 7) is 0. The molecule has 0 radical (unpaired) electrons. The largest absolute Gasteiger partial charge is 0.497 e. The minimum Gasteiger partial charge on any atom is -0.497 e. The summed E-state index contributed by atoms with van der Waals surface area (Å²) in [5, 5.41) is 5.08. The Morgan fingerprint density at radius 1 is 1.59 bits per heavy atom. The molecule has 0 spiro atoms. The van der Waals surface area contributed by atoms with Crippen LogP contribution in [0.25, 0.3) is 10.9 Å². The van der Waals surface area contributed by atoms with Crippen molar-refractivity contribution in [3.8, 4) is 5.75 Å². The molecule has 17 heavy (non-hydrogen) atoms. The first-order chi connectivity index (χ1) is 8.20. The Morgan fingerprint density at radius 3 is 3.12 bits per heavy atom. The summed E-state index contributed by atoms with van der Waals surface area (Å²) < 4.78 is 5.17. The summed E-state index contributed by atoms with van der Waals surface area (Å²) in [5.74, 6) is 0.800. The van der Waals surface area contributed by atoms with Gasteiger partial charge in [-0.3, -0.25) is 5.43 Å². The first-order valence-corrected chi connectivity index (χ1v) is 5.35. The van der Waals surface area contributed by atoms with E-state index in [1.165, 1.54) is 0 Å². The van der Waals surface area contributed by atoms with Gasteiger partial charge in [-0.15, -0.1) is 0 Å². The van der Waals surface area contributed by atoms with Crippen molar-refractivity contribution in [3.05, 3.63) is 30.0 Å². The van der Waals surface area contributed by atoms with Crippen LogP contribution >= 0.6 is 12.2 Å². The maximum absolute atomic E-state index is 5.27. The van der Waals surface area contributed by atoms with Gasteiger partial charge in [-0.05, 0) is 30.4 Å². The van der Waals surface area contributed by atoms with Gasteiger partial charge in [0.15, 0.2) is 5.11 Å². The van der Waals surface area contributed by atoms with E-state index >= 15 is 0 Å². The van der Waals surface area contributed by atoms with Crippen molar-refractivity contribution in [2.75, 3.05) is 7.11 Å². The second-order valence-electron chi connectivity index (χ2n) is 3.39. The topological polar surface area (TPSA) is 75.4 Å². The molecule has 1 heterocycles. The van der Waals surface area contributed by atoms with Crippen molar-refractivity contribution >= 4 is 34.4 Å². The van der Waals surface area contributed by atoms with Crippen molar-refractivity contribution in [2.24, 2.45) is 10.8 Å². The molecule has 1 aromatic heterocycles. The smallest absolute Gasteiger partial charge is 0.184 e. The molecule has 0 bridgehead atoms. The summed E-state index contributed by atoms with van der Waals surface area (Å²) in [6.07, 6.45) is 3.51. The molecule has 0 fully saturated rings. The quantitative estimate of drug-likeness (QED) is 0.435. The van der Waals surface area contributed by atoms with Crippen LogP contribution in [-0.4, -0.2) is 23.4 Å². The average molecular weight is 248 g/mol. The monoisotopic (exact) mass is 248 g/mol. The van der Waals surface area contributed by atoms with Crippen molar-refractivity contribution < 1.29 is 4.74 Å². The number of hydrogen-bond acceptors (Lipinski definition) is 3. The highest BCUT2D eigenvalue weighted by atomic mass is 32.1. The number of rotatable bonds is 3. The molecule has 0 saturated carbocycles. The number of hydrogen-bond donors (Lipinski definition) is 3. The molecule has 0 atom stereocenters. The third-order valence-corrected chi connectivity index (χ3v) is 2.39. The predicted octanol–water partition coefficient (Wildman–Crippen LogP) is 1.34. The lowest BCUT2D eigenvalue weighted by Crippen LogP contribution is -2.23. The van der Waals surface area contributed by atoms with E-state index in [9.17, 15) is 0 Å². The molecular weight excluding hydrogens is 236 g/mol. The standard InChI is InChI=1S/C11H12N4OS/c1-16-8-2-3-10-9(4-8)7(5-13-10)6-14-15-11(12)17/h2-6,13H,1H3,(H3,12,15,17)/b14-6+. The summed E-state index contributed by atoms with van der Waals surface area (Å²) in [4.78, 5) is 3.14. The number of hydrazone groups is 1. The van der Waals surface area contributed by atoms with Crippen molar-refractivity contribution in [1.82, 2.24) is 10.4 Å². The summed E-state index contributed by atoms with van der Waals surface area (Å²) in [7, 11) is 1.63. The van der Waals surface area contributed by atoms with Crippen LogP contribution in [0.3, 0.4) is 0 Å². The highest BCUT2D eigenvalue weighted by Gasteiger charge is 2.02. The average Bonchev–Trinajstić information content (AvgIpc) is 2.71. The maximum atomic E-state index is 5.27. The summed E-state index contributed by atoms with van der Waals surface area (Å²) in [6, 6.07) is 5.79. The van der Waals surface area contributed by atoms with Crippen LogP contribution in [0.2, 0.25) is 0 Å². The highest BCUT2D eigenvalue weighted by molar-refractivity contribution is 7.80. The number of ether oxygens (including phenoxy) is 1. The SMILES string of the molecule is COc1ccc2[nH]cc(/C=N/NC(N)=S)c2c1. The third kappa shape index (κ3) is 2.54. The molecule has 2 aromatic rings. The lowest BCUT2D eigenvalue weighted by Gasteiger charge is -1.99. The van der Waals surface area contributed by atoms with E-state index in [1.807, 2.05) is 24.4 Å². The zero-order chi connectivity index (χ0) is 12.3. The molecule has 1 aromatic carbocycles. The minimum atomic E-state index is 0.138. The molecule has 0 aliphatic heterocycles. The van der Waals surface area contributed by atoms with Gasteiger partial charge in [0.1, 0.15) is 5.75 Å². The van der Waals surface area contributed by atoms with Crippen LogP contribution < -0.4 is 15.9 Å². The second kappa shape index (κ2) is 4.84. The van der Waals surface area contributed by atoms with E-state index in [4.69, 9.17) is 10.5 Å². The fourth-order valence-corrected chi connectivity index (χ4v) is 1.57. The summed E-state index contributed by atoms with van der Waals surface area (Å²) >= 11 is 4.65. The number of aromatic amines is 1. The lowest BCUT2D eigenvalue weighted by molar-refractivity contribution is 0.415. The Morgan fingerprint density at radius 2 is 2.41 bits per heavy atom. The first kappa shape index (κ1) is 11.4. The van der Waals surface area contributed by atoms with E-state index in [1.54, 1.807) is 13.3 Å². The molecule has 2 rings (SSSR count). The number of methoxy groups -OCH3 is 1. The number of H-pyrrole nitrogens is 1. The van der Waals surface area contributed by atoms with Crippen molar-refractivity contribution in [3.63, 3.8) is 0 Å². The molecule has 0 saturated heterocycles. The Bertz CT molecular complexity index is 576. The fraction of sp³-hybridized carbons (Fsp3) is 0.0909. The number of nitrogens with two attached hydrogens (primary N) is 1. The molecule has 0 aliphatic rings. The molecule has 4 N–H and O–H groups in total. The number of nitrogens with zero attached hydrogens (tertiary/aromatic N) is 1. The number of thiocarbonyl (C=S) groups is 1. The van der Waals surface area contributed by atoms with Gasteiger partial charge in [-0.1, -0.05) is 0 Å².